The van der Waals surface area contributed by atoms with Crippen LogP contribution in [-0.4, -0.2) is 12.2 Å². The van der Waals surface area contributed by atoms with Crippen molar-refractivity contribution in [2.75, 3.05) is 7.11 Å². The van der Waals surface area contributed by atoms with E-state index in [1.54, 1.807) is 37.3 Å². The Bertz CT molecular complexity index is 657. The van der Waals surface area contributed by atoms with Crippen LogP contribution in [0.2, 0.25) is 0 Å². The molecule has 0 spiro atoms. The van der Waals surface area contributed by atoms with Gasteiger partial charge in [0, 0.05) is 0 Å². The van der Waals surface area contributed by atoms with Crippen molar-refractivity contribution in [1.29, 1.82) is 5.26 Å². The molecule has 2 rings (SSSR count). The number of benzene rings is 2. The van der Waals surface area contributed by atoms with Crippen molar-refractivity contribution < 1.29 is 14.2 Å². The molecule has 0 fully saturated rings. The summed E-state index contributed by atoms with van der Waals surface area (Å²) in [6.07, 6.45) is 0. The van der Waals surface area contributed by atoms with Crippen molar-refractivity contribution >= 4 is 0 Å². The van der Waals surface area contributed by atoms with Crippen molar-refractivity contribution in [1.82, 2.24) is 0 Å². The Morgan fingerprint density at radius 3 is 2.25 bits per heavy atom. The number of ether oxygens (including phenoxy) is 1. The summed E-state index contributed by atoms with van der Waals surface area (Å²) in [4.78, 5) is 0. The van der Waals surface area contributed by atoms with E-state index in [0.29, 0.717) is 16.7 Å². The van der Waals surface area contributed by atoms with Crippen molar-refractivity contribution in [2.45, 2.75) is 12.5 Å². The van der Waals surface area contributed by atoms with E-state index in [9.17, 15) is 9.50 Å². The molecule has 0 saturated heterocycles. The Hall–Kier alpha value is -2.38. The number of nitrogens with zero attached hydrogens (tertiary/aromatic N) is 1. The molecule has 0 bridgehead atoms. The first-order valence-corrected chi connectivity index (χ1v) is 6.06. The zero-order valence-corrected chi connectivity index (χ0v) is 11.2. The quantitative estimate of drug-likeness (QED) is 0.933. The summed E-state index contributed by atoms with van der Waals surface area (Å²) in [5.74, 6) is -0.400. The third-order valence-electron chi connectivity index (χ3n) is 3.29. The Morgan fingerprint density at radius 2 is 1.75 bits per heavy atom. The van der Waals surface area contributed by atoms with Crippen molar-refractivity contribution in [3.8, 4) is 11.8 Å². The van der Waals surface area contributed by atoms with Gasteiger partial charge in [0.25, 0.3) is 0 Å². The minimum absolute atomic E-state index is 0.129. The molecule has 0 aliphatic rings. The number of hydrogen-bond acceptors (Lipinski definition) is 3. The fourth-order valence-electron chi connectivity index (χ4n) is 2.01. The molecular formula is C16H14FNO2. The fourth-order valence-corrected chi connectivity index (χ4v) is 2.01. The number of halogens is 1. The van der Waals surface area contributed by atoms with E-state index >= 15 is 0 Å². The van der Waals surface area contributed by atoms with E-state index in [2.05, 4.69) is 0 Å². The zero-order chi connectivity index (χ0) is 14.8. The summed E-state index contributed by atoms with van der Waals surface area (Å²) in [5.41, 5.74) is 0.160. The molecule has 3 nitrogen and oxygen atoms in total. The predicted molar refractivity (Wildman–Crippen MR) is 72.8 cm³/mol. The average Bonchev–Trinajstić information content (AvgIpc) is 2.47. The Balaban J connectivity index is 2.43. The lowest BCUT2D eigenvalue weighted by molar-refractivity contribution is 0.102. The molecule has 1 N–H and O–H groups in total. The summed E-state index contributed by atoms with van der Waals surface area (Å²) >= 11 is 0. The molecular weight excluding hydrogens is 257 g/mol. The molecule has 0 heterocycles. The zero-order valence-electron chi connectivity index (χ0n) is 11.2. The molecule has 0 aliphatic heterocycles. The SMILES string of the molecule is COc1ccc(C(C)(O)c2ccc(C#N)cc2)cc1F. The van der Waals surface area contributed by atoms with E-state index in [1.807, 2.05) is 6.07 Å². The molecule has 102 valence electrons. The van der Waals surface area contributed by atoms with Gasteiger partial charge in [-0.15, -0.1) is 0 Å². The summed E-state index contributed by atoms with van der Waals surface area (Å²) < 4.78 is 18.6. The first-order chi connectivity index (χ1) is 9.48. The summed E-state index contributed by atoms with van der Waals surface area (Å²) in [7, 11) is 1.39. The van der Waals surface area contributed by atoms with Crippen LogP contribution in [0.1, 0.15) is 23.6 Å². The Labute approximate surface area is 116 Å². The second-order valence-corrected chi connectivity index (χ2v) is 4.61. The molecule has 4 heteroatoms. The molecule has 0 aromatic heterocycles. The van der Waals surface area contributed by atoms with Crippen LogP contribution in [-0.2, 0) is 5.60 Å². The van der Waals surface area contributed by atoms with E-state index in [-0.39, 0.29) is 5.75 Å². The standard InChI is InChI=1S/C16H14FNO2/c1-16(19,12-5-3-11(10-18)4-6-12)13-7-8-15(20-2)14(17)9-13/h3-9,19H,1-2H3. The van der Waals surface area contributed by atoms with Crippen molar-refractivity contribution in [2.24, 2.45) is 0 Å². The highest BCUT2D eigenvalue weighted by Crippen LogP contribution is 2.31. The average molecular weight is 271 g/mol. The van der Waals surface area contributed by atoms with Crippen molar-refractivity contribution in [3.05, 3.63) is 65.0 Å². The normalized spacial score (nSPS) is 13.3. The molecule has 0 radical (unpaired) electrons. The first kappa shape index (κ1) is 14.0. The van der Waals surface area contributed by atoms with Crippen molar-refractivity contribution in [3.63, 3.8) is 0 Å². The Morgan fingerprint density at radius 1 is 1.15 bits per heavy atom. The number of methoxy groups -OCH3 is 1. The van der Waals surface area contributed by atoms with Gasteiger partial charge in [0.05, 0.1) is 18.7 Å². The number of aliphatic hydroxyl groups is 1. The molecule has 0 amide bonds. The summed E-state index contributed by atoms with van der Waals surface area (Å²) in [6, 6.07) is 12.9. The van der Waals surface area contributed by atoms with Gasteiger partial charge >= 0.3 is 0 Å². The van der Waals surface area contributed by atoms with Gasteiger partial charge in [-0.3, -0.25) is 0 Å². The van der Waals surface area contributed by atoms with Crippen LogP contribution in [0.15, 0.2) is 42.5 Å². The summed E-state index contributed by atoms with van der Waals surface area (Å²) in [6.45, 7) is 1.58. The molecule has 1 unspecified atom stereocenters. The molecule has 0 aliphatic carbocycles. The Kier molecular flexibility index (Phi) is 3.73. The summed E-state index contributed by atoms with van der Waals surface area (Å²) in [5, 5.41) is 19.4. The number of rotatable bonds is 3. The maximum Gasteiger partial charge on any atom is 0.165 e. The van der Waals surface area contributed by atoms with Gasteiger partial charge < -0.3 is 9.84 Å². The van der Waals surface area contributed by atoms with Crippen LogP contribution in [0.25, 0.3) is 0 Å². The van der Waals surface area contributed by atoms with Gasteiger partial charge in [0.1, 0.15) is 5.60 Å². The highest BCUT2D eigenvalue weighted by Gasteiger charge is 2.26. The minimum Gasteiger partial charge on any atom is -0.494 e. The highest BCUT2D eigenvalue weighted by molar-refractivity contribution is 5.41. The topological polar surface area (TPSA) is 53.2 Å². The monoisotopic (exact) mass is 271 g/mol. The van der Waals surface area contributed by atoms with Gasteiger partial charge in [0.2, 0.25) is 0 Å². The highest BCUT2D eigenvalue weighted by atomic mass is 19.1. The van der Waals surface area contributed by atoms with Crippen LogP contribution < -0.4 is 4.74 Å². The van der Waals surface area contributed by atoms with Gasteiger partial charge in [0.15, 0.2) is 11.6 Å². The van der Waals surface area contributed by atoms with Gasteiger partial charge in [-0.25, -0.2) is 4.39 Å². The predicted octanol–water partition coefficient (Wildman–Crippen LogP) is 2.96. The third-order valence-corrected chi connectivity index (χ3v) is 3.29. The second-order valence-electron chi connectivity index (χ2n) is 4.61. The minimum atomic E-state index is -1.35. The van der Waals surface area contributed by atoms with Crippen LogP contribution in [0, 0.1) is 17.1 Å². The second kappa shape index (κ2) is 5.32. The van der Waals surface area contributed by atoms with Crippen LogP contribution in [0.5, 0.6) is 5.75 Å². The third kappa shape index (κ3) is 2.49. The smallest absolute Gasteiger partial charge is 0.165 e. The van der Waals surface area contributed by atoms with Crippen LogP contribution in [0.4, 0.5) is 4.39 Å². The molecule has 0 saturated carbocycles. The number of hydrogen-bond donors (Lipinski definition) is 1. The lowest BCUT2D eigenvalue weighted by atomic mass is 9.88. The molecule has 20 heavy (non-hydrogen) atoms. The molecule has 2 aromatic carbocycles. The van der Waals surface area contributed by atoms with E-state index in [1.165, 1.54) is 19.2 Å². The van der Waals surface area contributed by atoms with Crippen LogP contribution in [0.3, 0.4) is 0 Å². The van der Waals surface area contributed by atoms with Gasteiger partial charge in [-0.05, 0) is 42.3 Å². The van der Waals surface area contributed by atoms with E-state index in [4.69, 9.17) is 10.00 Å². The first-order valence-electron chi connectivity index (χ1n) is 6.06. The van der Waals surface area contributed by atoms with Gasteiger partial charge in [-0.2, -0.15) is 5.26 Å². The van der Waals surface area contributed by atoms with Crippen LogP contribution >= 0.6 is 0 Å². The fraction of sp³-hybridized carbons (Fsp3) is 0.188. The lowest BCUT2D eigenvalue weighted by Crippen LogP contribution is -2.23. The largest absolute Gasteiger partial charge is 0.494 e. The van der Waals surface area contributed by atoms with E-state index in [0.717, 1.165) is 0 Å². The molecule has 2 aromatic rings. The maximum atomic E-state index is 13.7. The molecule has 1 atom stereocenters. The maximum absolute atomic E-state index is 13.7. The van der Waals surface area contributed by atoms with Gasteiger partial charge in [-0.1, -0.05) is 18.2 Å². The number of nitriles is 1. The van der Waals surface area contributed by atoms with E-state index < -0.39 is 11.4 Å². The lowest BCUT2D eigenvalue weighted by Gasteiger charge is -2.25.